The topological polar surface area (TPSA) is 15.7 Å². The molecule has 286 valence electrons. The third-order valence-corrected chi connectivity index (χ3v) is 16.7. The van der Waals surface area contributed by atoms with Crippen molar-refractivity contribution in [3.05, 3.63) is 12.2 Å². The average molecular weight is 691 g/mol. The molecule has 7 aliphatic carbocycles. The van der Waals surface area contributed by atoms with Crippen LogP contribution in [0.3, 0.4) is 0 Å². The van der Waals surface area contributed by atoms with E-state index in [1.54, 1.807) is 0 Å². The molecule has 3 heteroatoms. The van der Waals surface area contributed by atoms with Gasteiger partial charge in [-0.25, -0.2) is 0 Å². The van der Waals surface area contributed by atoms with Crippen LogP contribution in [-0.2, 0) is 4.74 Å². The van der Waals surface area contributed by atoms with Gasteiger partial charge in [0.25, 0.3) is 0 Å². The van der Waals surface area contributed by atoms with Gasteiger partial charge < -0.3 is 4.74 Å². The fourth-order valence-electron chi connectivity index (χ4n) is 13.4. The quantitative estimate of drug-likeness (QED) is 0.212. The molecule has 7 rings (SSSR count). The van der Waals surface area contributed by atoms with E-state index >= 15 is 0 Å². The molecule has 0 aromatic heterocycles. The zero-order chi connectivity index (χ0) is 34.3. The average Bonchev–Trinajstić information content (AvgIpc) is 3.17. The summed E-state index contributed by atoms with van der Waals surface area (Å²) in [5.41, 5.74) is 0. The Balaban J connectivity index is 0.845. The molecule has 0 bridgehead atoms. The smallest absolute Gasteiger partial charge is 0.0572 e. The first-order valence-corrected chi connectivity index (χ1v) is 23.3. The summed E-state index contributed by atoms with van der Waals surface area (Å²) in [5.74, 6) is 5.71. The van der Waals surface area contributed by atoms with E-state index in [9.17, 15) is 0 Å². The highest BCUT2D eigenvalue weighted by Crippen LogP contribution is 2.45. The van der Waals surface area contributed by atoms with Gasteiger partial charge in [-0.05, 0) is 202 Å². The zero-order valence-corrected chi connectivity index (χ0v) is 33.5. The SMILES string of the molecule is COC1CCC(N(C2CCCCC2)C2CCC(/C=C/C3CCC(C4CCC(N(C5CCC(C)CC5)C5CCC(C)CC5)CC4)CC3)CC2)CC1. The summed E-state index contributed by atoms with van der Waals surface area (Å²) in [6, 6.07) is 5.25. The molecule has 7 fully saturated rings. The van der Waals surface area contributed by atoms with E-state index < -0.39 is 0 Å². The van der Waals surface area contributed by atoms with Crippen LogP contribution < -0.4 is 0 Å². The Morgan fingerprint density at radius 1 is 0.360 bits per heavy atom. The fourth-order valence-corrected chi connectivity index (χ4v) is 13.4. The molecule has 0 atom stereocenters. The maximum Gasteiger partial charge on any atom is 0.0572 e. The maximum absolute atomic E-state index is 5.76. The second-order valence-electron chi connectivity index (χ2n) is 19.9. The lowest BCUT2D eigenvalue weighted by molar-refractivity contribution is -0.0122. The van der Waals surface area contributed by atoms with Crippen molar-refractivity contribution in [1.82, 2.24) is 9.80 Å². The second-order valence-corrected chi connectivity index (χ2v) is 19.9. The van der Waals surface area contributed by atoms with Gasteiger partial charge in [-0.1, -0.05) is 45.3 Å². The van der Waals surface area contributed by atoms with Crippen LogP contribution in [0.4, 0.5) is 0 Å². The summed E-state index contributed by atoms with van der Waals surface area (Å²) in [6.07, 6.45) is 48.3. The molecule has 0 amide bonds. The van der Waals surface area contributed by atoms with Crippen molar-refractivity contribution in [2.45, 2.75) is 242 Å². The summed E-state index contributed by atoms with van der Waals surface area (Å²) >= 11 is 0. The van der Waals surface area contributed by atoms with Crippen molar-refractivity contribution in [1.29, 1.82) is 0 Å². The van der Waals surface area contributed by atoms with Crippen molar-refractivity contribution >= 4 is 0 Å². The normalized spacial score (nSPS) is 43.1. The molecule has 0 saturated heterocycles. The highest BCUT2D eigenvalue weighted by Gasteiger charge is 2.40. The van der Waals surface area contributed by atoms with Gasteiger partial charge in [0.1, 0.15) is 0 Å². The first kappa shape index (κ1) is 37.9. The van der Waals surface area contributed by atoms with Crippen LogP contribution in [0.2, 0.25) is 0 Å². The maximum atomic E-state index is 5.76. The third kappa shape index (κ3) is 9.83. The molecule has 0 aromatic rings. The van der Waals surface area contributed by atoms with Gasteiger partial charge >= 0.3 is 0 Å². The van der Waals surface area contributed by atoms with Crippen LogP contribution in [0.5, 0.6) is 0 Å². The van der Waals surface area contributed by atoms with E-state index in [1.807, 2.05) is 7.11 Å². The molecule has 3 nitrogen and oxygen atoms in total. The number of nitrogens with zero attached hydrogens (tertiary/aromatic N) is 2. The Labute approximate surface area is 310 Å². The number of allylic oxidation sites excluding steroid dienone is 2. The van der Waals surface area contributed by atoms with E-state index in [2.05, 4.69) is 35.8 Å². The minimum Gasteiger partial charge on any atom is -0.381 e. The number of hydrogen-bond acceptors (Lipinski definition) is 3. The van der Waals surface area contributed by atoms with E-state index in [0.29, 0.717) is 6.10 Å². The van der Waals surface area contributed by atoms with Gasteiger partial charge in [0.05, 0.1) is 6.10 Å². The first-order chi connectivity index (χ1) is 24.5. The Hall–Kier alpha value is -0.380. The fraction of sp³-hybridized carbons (Fsp3) is 0.957. The first-order valence-electron chi connectivity index (χ1n) is 23.3. The number of hydrogen-bond donors (Lipinski definition) is 0. The Bertz CT molecular complexity index is 951. The van der Waals surface area contributed by atoms with Crippen LogP contribution in [0.25, 0.3) is 0 Å². The minimum atomic E-state index is 0.520. The summed E-state index contributed by atoms with van der Waals surface area (Å²) in [4.78, 5) is 6.33. The predicted octanol–water partition coefficient (Wildman–Crippen LogP) is 12.5. The van der Waals surface area contributed by atoms with Crippen molar-refractivity contribution in [3.63, 3.8) is 0 Å². The van der Waals surface area contributed by atoms with Gasteiger partial charge in [-0.15, -0.1) is 0 Å². The van der Waals surface area contributed by atoms with Crippen LogP contribution in [-0.4, -0.2) is 59.3 Å². The van der Waals surface area contributed by atoms with E-state index in [4.69, 9.17) is 4.74 Å². The van der Waals surface area contributed by atoms with E-state index in [0.717, 1.165) is 71.8 Å². The van der Waals surface area contributed by atoms with Gasteiger partial charge in [0.2, 0.25) is 0 Å². The summed E-state index contributed by atoms with van der Waals surface area (Å²) in [6.45, 7) is 5.01. The van der Waals surface area contributed by atoms with Gasteiger partial charge in [-0.2, -0.15) is 0 Å². The highest BCUT2D eigenvalue weighted by molar-refractivity contribution is 5.00. The van der Waals surface area contributed by atoms with Crippen LogP contribution in [0.15, 0.2) is 12.2 Å². The molecule has 0 heterocycles. The van der Waals surface area contributed by atoms with Crippen molar-refractivity contribution in [2.24, 2.45) is 35.5 Å². The molecule has 50 heavy (non-hydrogen) atoms. The largest absolute Gasteiger partial charge is 0.381 e. The monoisotopic (exact) mass is 691 g/mol. The van der Waals surface area contributed by atoms with Gasteiger partial charge in [0.15, 0.2) is 0 Å². The number of methoxy groups -OCH3 is 1. The van der Waals surface area contributed by atoms with Crippen LogP contribution >= 0.6 is 0 Å². The molecular weight excluding hydrogens is 609 g/mol. The lowest BCUT2D eigenvalue weighted by atomic mass is 9.69. The summed E-state index contributed by atoms with van der Waals surface area (Å²) in [5, 5.41) is 0. The molecule has 0 aliphatic heterocycles. The molecule has 0 radical (unpaired) electrons. The van der Waals surface area contributed by atoms with Crippen molar-refractivity contribution < 1.29 is 4.74 Å². The van der Waals surface area contributed by atoms with E-state index in [-0.39, 0.29) is 0 Å². The number of rotatable bonds is 10. The molecule has 0 spiro atoms. The molecule has 7 aliphatic rings. The highest BCUT2D eigenvalue weighted by atomic mass is 16.5. The van der Waals surface area contributed by atoms with Crippen molar-refractivity contribution in [3.8, 4) is 0 Å². The Morgan fingerprint density at radius 2 is 0.680 bits per heavy atom. The van der Waals surface area contributed by atoms with Gasteiger partial charge in [0, 0.05) is 43.4 Å². The van der Waals surface area contributed by atoms with Crippen LogP contribution in [0, 0.1) is 35.5 Å². The Kier molecular flexibility index (Phi) is 14.2. The van der Waals surface area contributed by atoms with Crippen LogP contribution in [0.1, 0.15) is 200 Å². The molecule has 0 aromatic carbocycles. The van der Waals surface area contributed by atoms with Gasteiger partial charge in [-0.3, -0.25) is 9.80 Å². The molecule has 0 unspecified atom stereocenters. The standard InChI is InChI=1S/C47H82N2O/c1-35-9-23-42(24-10-35)49(43-25-11-36(2)12-26-43)45-29-21-40(22-30-45)39-19-15-37(16-20-39)13-14-38-17-27-44(28-18-38)48(41-7-5-4-6-8-41)46-31-33-47(50-3)34-32-46/h13-14,35-47H,4-12,15-34H2,1-3H3/b14-13+. The minimum absolute atomic E-state index is 0.520. The number of ether oxygens (including phenoxy) is 1. The zero-order valence-electron chi connectivity index (χ0n) is 33.5. The Morgan fingerprint density at radius 3 is 1.10 bits per heavy atom. The molecule has 0 N–H and O–H groups in total. The third-order valence-electron chi connectivity index (χ3n) is 16.7. The summed E-state index contributed by atoms with van der Waals surface area (Å²) in [7, 11) is 1.93. The lowest BCUT2D eigenvalue weighted by Gasteiger charge is -2.50. The lowest BCUT2D eigenvalue weighted by Crippen LogP contribution is -2.52. The van der Waals surface area contributed by atoms with E-state index in [1.165, 1.54) is 186 Å². The second kappa shape index (κ2) is 18.8. The molecule has 7 saturated carbocycles. The molecular formula is C47H82N2O. The summed E-state index contributed by atoms with van der Waals surface area (Å²) < 4.78 is 5.76. The van der Waals surface area contributed by atoms with Crippen molar-refractivity contribution in [2.75, 3.05) is 7.11 Å². The predicted molar refractivity (Wildman–Crippen MR) is 213 cm³/mol.